The van der Waals surface area contributed by atoms with Crippen LogP contribution in [-0.2, 0) is 29.6 Å². The van der Waals surface area contributed by atoms with Gasteiger partial charge < -0.3 is 12.4 Å². The molecule has 0 N–H and O–H groups in total. The highest BCUT2D eigenvalue weighted by Gasteiger charge is 2.60. The minimum Gasteiger partial charge on any atom is -1.00 e. The number of allylic oxidation sites excluding steroid dienone is 4. The minimum absolute atomic E-state index is 0. The number of imide groups is 1. The molecule has 0 atom stereocenters. The largest absolute Gasteiger partial charge is 1.00 e. The number of hydrogen-bond donors (Lipinski definition) is 0. The molecule has 0 rings (SSSR count). The van der Waals surface area contributed by atoms with Crippen LogP contribution in [-0.4, -0.2) is 44.5 Å². The highest BCUT2D eigenvalue weighted by Crippen LogP contribution is 2.27. The Morgan fingerprint density at radius 2 is 0.646 bits per heavy atom. The molecule has 0 radical (unpaired) electrons. The molecule has 0 saturated heterocycles. The van der Waals surface area contributed by atoms with Crippen molar-refractivity contribution in [3.63, 3.8) is 0 Å². The third-order valence-electron chi connectivity index (χ3n) is 8.90. The normalized spacial score (nSPS) is 12.6. The number of sulfonamides is 2. The summed E-state index contributed by atoms with van der Waals surface area (Å²) in [6.07, 6.45) is 37.7. The van der Waals surface area contributed by atoms with Gasteiger partial charge in [-0.05, 0) is 64.2 Å². The molecule has 0 saturated carbocycles. The van der Waals surface area contributed by atoms with Crippen molar-refractivity contribution in [2.24, 2.45) is 0 Å². The molecule has 0 fully saturated rings. The van der Waals surface area contributed by atoms with E-state index in [-0.39, 0.29) is 25.2 Å². The maximum Gasteiger partial charge on any atom is 0.352 e. The second kappa shape index (κ2) is 30.8. The number of nitrogens with zero attached hydrogens (tertiary/aromatic N) is 1. The fourth-order valence-electron chi connectivity index (χ4n) is 6.11. The highest BCUT2D eigenvalue weighted by atomic mass is 35.5. The Balaban J connectivity index is 0. The molecule has 0 aromatic carbocycles. The van der Waals surface area contributed by atoms with E-state index in [9.17, 15) is 26.4 Å². The topological polar surface area (TPSA) is 102 Å². The third-order valence-corrected chi connectivity index (χ3v) is 13.2. The molecule has 0 aromatic rings. The molecule has 10 heteroatoms. The van der Waals surface area contributed by atoms with E-state index < -0.39 is 35.2 Å². The minimum atomic E-state index is -4.59. The van der Waals surface area contributed by atoms with Crippen LogP contribution in [0.3, 0.4) is 0 Å². The van der Waals surface area contributed by atoms with Gasteiger partial charge in [0.25, 0.3) is 0 Å². The standard InChI is InChI=1S/C38H72NO6S2.ClH/c1-5-7-9-11-13-15-17-19-21-23-25-27-29-31-33-35-37(40)39(46(3,42)43,47(4,44)45)38(41)36-34-32-30-28-26-24-22-20-18-16-14-12-10-8-6-2;/h19-22H,5-18,23-36H2,1-4H3;1H/q+1;/p-1. The second-order valence-electron chi connectivity index (χ2n) is 13.5. The third kappa shape index (κ3) is 21.9. The number of amides is 2. The molecule has 0 aromatic heterocycles. The van der Waals surface area contributed by atoms with Crippen molar-refractivity contribution in [3.05, 3.63) is 24.3 Å². The first-order chi connectivity index (χ1) is 22.5. The fourth-order valence-corrected chi connectivity index (χ4v) is 9.93. The highest BCUT2D eigenvalue weighted by molar-refractivity contribution is 7.98. The number of rotatable bonds is 32. The summed E-state index contributed by atoms with van der Waals surface area (Å²) in [5.74, 6) is -2.10. The van der Waals surface area contributed by atoms with Gasteiger partial charge in [-0.1, -0.05) is 141 Å². The Hall–Kier alpha value is -1.03. The van der Waals surface area contributed by atoms with Gasteiger partial charge in [0.2, 0.25) is 0 Å². The second-order valence-corrected chi connectivity index (χ2v) is 17.7. The monoisotopic (exact) mass is 737 g/mol. The predicted octanol–water partition coefficient (Wildman–Crippen LogP) is 7.85. The molecule has 0 unspecified atom stereocenters. The van der Waals surface area contributed by atoms with Gasteiger partial charge in [0, 0.05) is 3.29 Å². The lowest BCUT2D eigenvalue weighted by Crippen LogP contribution is -3.00. The summed E-state index contributed by atoms with van der Waals surface area (Å²) in [6, 6.07) is 0. The Labute approximate surface area is 303 Å². The van der Waals surface area contributed by atoms with Crippen LogP contribution >= 0.6 is 0 Å². The lowest BCUT2D eigenvalue weighted by Gasteiger charge is -2.27. The quantitative estimate of drug-likeness (QED) is 0.0396. The average Bonchev–Trinajstić information content (AvgIpc) is 2.99. The van der Waals surface area contributed by atoms with Gasteiger partial charge in [0.1, 0.15) is 0 Å². The summed E-state index contributed by atoms with van der Waals surface area (Å²) in [5, 5.41) is 0. The van der Waals surface area contributed by atoms with Gasteiger partial charge in [0.15, 0.2) is 0 Å². The van der Waals surface area contributed by atoms with Crippen LogP contribution in [0.25, 0.3) is 0 Å². The van der Waals surface area contributed by atoms with E-state index in [1.54, 1.807) is 0 Å². The first kappa shape index (κ1) is 49.1. The van der Waals surface area contributed by atoms with Gasteiger partial charge in [-0.25, -0.2) is 9.59 Å². The lowest BCUT2D eigenvalue weighted by atomic mass is 10.1. The summed E-state index contributed by atoms with van der Waals surface area (Å²) in [4.78, 5) is 26.5. The summed E-state index contributed by atoms with van der Waals surface area (Å²) in [5.41, 5.74) is 0. The molecule has 284 valence electrons. The van der Waals surface area contributed by atoms with Crippen molar-refractivity contribution in [2.75, 3.05) is 12.5 Å². The molecule has 7 nitrogen and oxygen atoms in total. The zero-order chi connectivity index (χ0) is 35.3. The zero-order valence-corrected chi connectivity index (χ0v) is 33.6. The Morgan fingerprint density at radius 3 is 0.896 bits per heavy atom. The van der Waals surface area contributed by atoms with Crippen molar-refractivity contribution in [2.45, 2.75) is 194 Å². The van der Waals surface area contributed by atoms with Crippen LogP contribution in [0.5, 0.6) is 0 Å². The van der Waals surface area contributed by atoms with E-state index in [1.165, 1.54) is 77.0 Å². The van der Waals surface area contributed by atoms with Gasteiger partial charge in [-0.2, -0.15) is 16.8 Å². The molecule has 0 heterocycles. The molecule has 0 bridgehead atoms. The summed E-state index contributed by atoms with van der Waals surface area (Å²) < 4.78 is 49.3. The molecular formula is C38H72ClNO6S2. The zero-order valence-electron chi connectivity index (χ0n) is 31.2. The molecule has 0 aliphatic heterocycles. The van der Waals surface area contributed by atoms with Gasteiger partial charge in [-0.3, -0.25) is 0 Å². The number of halogens is 1. The Kier molecular flexibility index (Phi) is 31.5. The van der Waals surface area contributed by atoms with Crippen molar-refractivity contribution in [1.29, 1.82) is 0 Å². The number of quaternary nitrogens is 1. The van der Waals surface area contributed by atoms with Gasteiger partial charge >= 0.3 is 31.9 Å². The van der Waals surface area contributed by atoms with Crippen LogP contribution in [0, 0.1) is 0 Å². The number of carbonyl (C=O) groups excluding carboxylic acids is 2. The SMILES string of the molecule is CCCCCCCCC=CCCCCCCCC(=O)[N+](C(=O)CCCCCCCC=CCCCCCCCC)(S(C)(=O)=O)S(C)(=O)=O.[Cl-]. The van der Waals surface area contributed by atoms with Crippen molar-refractivity contribution >= 4 is 31.9 Å². The maximum atomic E-state index is 13.3. The first-order valence-corrected chi connectivity index (χ1v) is 22.8. The van der Waals surface area contributed by atoms with Crippen LogP contribution in [0.1, 0.15) is 194 Å². The number of hydrogen-bond acceptors (Lipinski definition) is 6. The Bertz CT molecular complexity index is 1000. The molecular weight excluding hydrogens is 666 g/mol. The first-order valence-electron chi connectivity index (χ1n) is 19.1. The van der Waals surface area contributed by atoms with E-state index in [2.05, 4.69) is 38.2 Å². The van der Waals surface area contributed by atoms with E-state index in [0.717, 1.165) is 64.2 Å². The van der Waals surface area contributed by atoms with Crippen molar-refractivity contribution in [1.82, 2.24) is 0 Å². The molecule has 0 aliphatic carbocycles. The number of unbranched alkanes of at least 4 members (excludes halogenated alkanes) is 22. The smallest absolute Gasteiger partial charge is 0.352 e. The Morgan fingerprint density at radius 1 is 0.417 bits per heavy atom. The van der Waals surface area contributed by atoms with Crippen LogP contribution < -0.4 is 12.4 Å². The van der Waals surface area contributed by atoms with E-state index in [1.807, 2.05) is 0 Å². The molecule has 2 amide bonds. The summed E-state index contributed by atoms with van der Waals surface area (Å²) in [7, 11) is -9.18. The summed E-state index contributed by atoms with van der Waals surface area (Å²) in [6.45, 7) is 4.46. The van der Waals surface area contributed by atoms with E-state index >= 15 is 0 Å². The van der Waals surface area contributed by atoms with E-state index in [0.29, 0.717) is 38.2 Å². The van der Waals surface area contributed by atoms with E-state index in [4.69, 9.17) is 0 Å². The lowest BCUT2D eigenvalue weighted by molar-refractivity contribution is -0.512. The predicted molar refractivity (Wildman–Crippen MR) is 199 cm³/mol. The fraction of sp³-hybridized carbons (Fsp3) is 0.842. The van der Waals surface area contributed by atoms with Crippen LogP contribution in [0.2, 0.25) is 0 Å². The van der Waals surface area contributed by atoms with Gasteiger partial charge in [0.05, 0.1) is 25.4 Å². The summed E-state index contributed by atoms with van der Waals surface area (Å²) >= 11 is 0. The maximum absolute atomic E-state index is 13.3. The van der Waals surface area contributed by atoms with Crippen LogP contribution in [0.4, 0.5) is 0 Å². The molecule has 48 heavy (non-hydrogen) atoms. The van der Waals surface area contributed by atoms with Crippen molar-refractivity contribution in [3.8, 4) is 0 Å². The average molecular weight is 739 g/mol. The molecule has 0 spiro atoms. The molecule has 0 aliphatic rings. The van der Waals surface area contributed by atoms with Gasteiger partial charge in [-0.15, -0.1) is 0 Å². The van der Waals surface area contributed by atoms with Crippen molar-refractivity contribution < 1.29 is 42.1 Å². The van der Waals surface area contributed by atoms with Crippen LogP contribution in [0.15, 0.2) is 24.3 Å². The number of carbonyl (C=O) groups is 2.